The Morgan fingerprint density at radius 2 is 1.59 bits per heavy atom. The van der Waals surface area contributed by atoms with E-state index in [1.54, 1.807) is 17.0 Å². The maximum Gasteiger partial charge on any atom is 0.243 e. The number of likely N-dealkylation sites (tertiary alicyclic amines) is 1. The lowest BCUT2D eigenvalue weighted by molar-refractivity contribution is -0.135. The average Bonchev–Trinajstić information content (AvgIpc) is 3.20. The maximum absolute atomic E-state index is 13.4. The summed E-state index contributed by atoms with van der Waals surface area (Å²) in [4.78, 5) is 15.0. The molecule has 2 aliphatic heterocycles. The third-order valence-corrected chi connectivity index (χ3v) is 7.77. The van der Waals surface area contributed by atoms with Gasteiger partial charge < -0.3 is 10.6 Å². The number of hydrogen-bond donors (Lipinski definition) is 1. The standard InChI is InChI=1S/C22H27N3O3S/c23-19-13-15-24(16-19)22(26)21-8-4-5-14-25(21)29(27,28)20-11-9-18(10-12-20)17-6-2-1-3-7-17/h1-3,6-7,9-12,19,21H,4-5,8,13-16,23H2/t19-,21-/m1/s1. The molecule has 2 N–H and O–H groups in total. The van der Waals surface area contributed by atoms with Gasteiger partial charge in [-0.2, -0.15) is 4.31 Å². The van der Waals surface area contributed by atoms with Crippen molar-refractivity contribution in [1.82, 2.24) is 9.21 Å². The minimum absolute atomic E-state index is 0.0156. The molecule has 0 bridgehead atoms. The number of rotatable bonds is 4. The summed E-state index contributed by atoms with van der Waals surface area (Å²) >= 11 is 0. The van der Waals surface area contributed by atoms with Crippen LogP contribution in [0.15, 0.2) is 59.5 Å². The Bertz CT molecular complexity index is 961. The number of nitrogens with zero attached hydrogens (tertiary/aromatic N) is 2. The summed E-state index contributed by atoms with van der Waals surface area (Å²) in [7, 11) is -3.74. The Morgan fingerprint density at radius 3 is 2.24 bits per heavy atom. The van der Waals surface area contributed by atoms with Crippen LogP contribution in [0.3, 0.4) is 0 Å². The molecule has 2 atom stereocenters. The SMILES string of the molecule is N[C@@H]1CCN(C(=O)[C@H]2CCCCN2S(=O)(=O)c2ccc(-c3ccccc3)cc2)C1. The molecule has 4 rings (SSSR count). The highest BCUT2D eigenvalue weighted by Gasteiger charge is 2.40. The van der Waals surface area contributed by atoms with Crippen LogP contribution in [0, 0.1) is 0 Å². The Kier molecular flexibility index (Phi) is 5.72. The summed E-state index contributed by atoms with van der Waals surface area (Å²) in [6.07, 6.45) is 2.96. The zero-order valence-electron chi connectivity index (χ0n) is 16.4. The second-order valence-corrected chi connectivity index (χ2v) is 9.74. The number of hydrogen-bond acceptors (Lipinski definition) is 4. The van der Waals surface area contributed by atoms with Gasteiger partial charge in [-0.3, -0.25) is 4.79 Å². The van der Waals surface area contributed by atoms with Crippen LogP contribution in [0.1, 0.15) is 25.7 Å². The third kappa shape index (κ3) is 4.08. The molecule has 2 aliphatic rings. The molecular formula is C22H27N3O3S. The number of carbonyl (C=O) groups is 1. The third-order valence-electron chi connectivity index (χ3n) is 5.84. The zero-order chi connectivity index (χ0) is 20.4. The van der Waals surface area contributed by atoms with E-state index in [0.29, 0.717) is 26.1 Å². The molecule has 0 spiro atoms. The largest absolute Gasteiger partial charge is 0.340 e. The Morgan fingerprint density at radius 1 is 0.897 bits per heavy atom. The molecule has 2 aromatic rings. The molecule has 0 unspecified atom stereocenters. The monoisotopic (exact) mass is 413 g/mol. The fraction of sp³-hybridized carbons (Fsp3) is 0.409. The van der Waals surface area contributed by atoms with Crippen molar-refractivity contribution in [2.45, 2.75) is 42.7 Å². The van der Waals surface area contributed by atoms with Gasteiger partial charge >= 0.3 is 0 Å². The highest BCUT2D eigenvalue weighted by atomic mass is 32.2. The lowest BCUT2D eigenvalue weighted by atomic mass is 10.0. The molecule has 2 fully saturated rings. The highest BCUT2D eigenvalue weighted by Crippen LogP contribution is 2.29. The summed E-state index contributed by atoms with van der Waals surface area (Å²) in [6, 6.07) is 16.1. The van der Waals surface area contributed by atoms with Crippen molar-refractivity contribution in [2.24, 2.45) is 5.73 Å². The van der Waals surface area contributed by atoms with Gasteiger partial charge in [0.2, 0.25) is 15.9 Å². The van der Waals surface area contributed by atoms with E-state index in [9.17, 15) is 13.2 Å². The number of nitrogens with two attached hydrogens (primary N) is 1. The van der Waals surface area contributed by atoms with Crippen LogP contribution < -0.4 is 5.73 Å². The van der Waals surface area contributed by atoms with E-state index in [2.05, 4.69) is 0 Å². The Labute approximate surface area is 172 Å². The van der Waals surface area contributed by atoms with Crippen molar-refractivity contribution in [1.29, 1.82) is 0 Å². The smallest absolute Gasteiger partial charge is 0.243 e. The van der Waals surface area contributed by atoms with Crippen LogP contribution in [0.2, 0.25) is 0 Å². The molecule has 0 aliphatic carbocycles. The summed E-state index contributed by atoms with van der Waals surface area (Å²) in [5, 5.41) is 0. The highest BCUT2D eigenvalue weighted by molar-refractivity contribution is 7.89. The van der Waals surface area contributed by atoms with Crippen LogP contribution in [0.4, 0.5) is 0 Å². The molecule has 6 nitrogen and oxygen atoms in total. The van der Waals surface area contributed by atoms with E-state index < -0.39 is 16.1 Å². The van der Waals surface area contributed by atoms with Gasteiger partial charge in [-0.1, -0.05) is 48.9 Å². The fourth-order valence-corrected chi connectivity index (χ4v) is 5.87. The van der Waals surface area contributed by atoms with E-state index in [0.717, 1.165) is 30.4 Å². The molecule has 154 valence electrons. The molecule has 2 heterocycles. The van der Waals surface area contributed by atoms with E-state index in [1.807, 2.05) is 42.5 Å². The van der Waals surface area contributed by atoms with E-state index >= 15 is 0 Å². The van der Waals surface area contributed by atoms with Gasteiger partial charge in [-0.25, -0.2) is 8.42 Å². The normalized spacial score (nSPS) is 23.3. The lowest BCUT2D eigenvalue weighted by Crippen LogP contribution is -2.52. The van der Waals surface area contributed by atoms with Gasteiger partial charge in [0.05, 0.1) is 4.90 Å². The molecule has 0 radical (unpaired) electrons. The van der Waals surface area contributed by atoms with Crippen LogP contribution in [-0.4, -0.2) is 55.2 Å². The maximum atomic E-state index is 13.4. The molecule has 1 amide bonds. The van der Waals surface area contributed by atoms with Gasteiger partial charge in [-0.15, -0.1) is 0 Å². The second-order valence-electron chi connectivity index (χ2n) is 7.85. The summed E-state index contributed by atoms with van der Waals surface area (Å²) < 4.78 is 28.1. The van der Waals surface area contributed by atoms with Crippen molar-refractivity contribution < 1.29 is 13.2 Å². The van der Waals surface area contributed by atoms with Gasteiger partial charge in [0.1, 0.15) is 6.04 Å². The van der Waals surface area contributed by atoms with Crippen LogP contribution >= 0.6 is 0 Å². The zero-order valence-corrected chi connectivity index (χ0v) is 17.2. The lowest BCUT2D eigenvalue weighted by Gasteiger charge is -2.35. The van der Waals surface area contributed by atoms with Crippen molar-refractivity contribution in [3.63, 3.8) is 0 Å². The van der Waals surface area contributed by atoms with Gasteiger partial charge in [0, 0.05) is 25.7 Å². The first-order valence-electron chi connectivity index (χ1n) is 10.2. The number of amides is 1. The first-order valence-corrected chi connectivity index (χ1v) is 11.6. The fourth-order valence-electron chi connectivity index (χ4n) is 4.22. The summed E-state index contributed by atoms with van der Waals surface area (Å²) in [5.41, 5.74) is 7.94. The molecule has 29 heavy (non-hydrogen) atoms. The molecule has 0 saturated carbocycles. The minimum atomic E-state index is -3.74. The quantitative estimate of drug-likeness (QED) is 0.835. The first-order chi connectivity index (χ1) is 14.0. The van der Waals surface area contributed by atoms with Crippen LogP contribution in [-0.2, 0) is 14.8 Å². The summed E-state index contributed by atoms with van der Waals surface area (Å²) in [6.45, 7) is 1.49. The molecule has 0 aromatic heterocycles. The number of benzene rings is 2. The predicted octanol–water partition coefficient (Wildman–Crippen LogP) is 2.46. The van der Waals surface area contributed by atoms with E-state index in [1.165, 1.54) is 4.31 Å². The Hall–Kier alpha value is -2.22. The molecule has 2 aromatic carbocycles. The molecular weight excluding hydrogens is 386 g/mol. The van der Waals surface area contributed by atoms with Gasteiger partial charge in [0.25, 0.3) is 0 Å². The first kappa shape index (κ1) is 20.1. The van der Waals surface area contributed by atoms with Crippen molar-refractivity contribution in [3.8, 4) is 11.1 Å². The summed E-state index contributed by atoms with van der Waals surface area (Å²) in [5.74, 6) is -0.109. The van der Waals surface area contributed by atoms with Crippen LogP contribution in [0.5, 0.6) is 0 Å². The van der Waals surface area contributed by atoms with E-state index in [4.69, 9.17) is 5.73 Å². The van der Waals surface area contributed by atoms with Crippen molar-refractivity contribution in [2.75, 3.05) is 19.6 Å². The predicted molar refractivity (Wildman–Crippen MR) is 113 cm³/mol. The topological polar surface area (TPSA) is 83.7 Å². The second kappa shape index (κ2) is 8.26. The number of sulfonamides is 1. The van der Waals surface area contributed by atoms with Crippen LogP contribution in [0.25, 0.3) is 11.1 Å². The number of piperidine rings is 1. The van der Waals surface area contributed by atoms with Crippen molar-refractivity contribution in [3.05, 3.63) is 54.6 Å². The van der Waals surface area contributed by atoms with E-state index in [-0.39, 0.29) is 16.8 Å². The van der Waals surface area contributed by atoms with Gasteiger partial charge in [0.15, 0.2) is 0 Å². The molecule has 7 heteroatoms. The number of carbonyl (C=O) groups excluding carboxylic acids is 1. The molecule has 2 saturated heterocycles. The Balaban J connectivity index is 1.58. The average molecular weight is 414 g/mol. The van der Waals surface area contributed by atoms with Crippen molar-refractivity contribution >= 4 is 15.9 Å². The minimum Gasteiger partial charge on any atom is -0.340 e. The van der Waals surface area contributed by atoms with Gasteiger partial charge in [-0.05, 0) is 42.5 Å².